The summed E-state index contributed by atoms with van der Waals surface area (Å²) in [4.78, 5) is 18.4. The Hall–Kier alpha value is -2.66. The van der Waals surface area contributed by atoms with Crippen LogP contribution < -0.4 is 4.90 Å². The normalized spacial score (nSPS) is 10.4. The number of carbonyl (C=O) groups is 1. The Morgan fingerprint density at radius 3 is 2.71 bits per heavy atom. The van der Waals surface area contributed by atoms with Gasteiger partial charge in [0, 0.05) is 24.5 Å². The molecule has 1 heterocycles. The summed E-state index contributed by atoms with van der Waals surface area (Å²) < 4.78 is 4.77. The molecule has 1 aromatic heterocycles. The van der Waals surface area contributed by atoms with E-state index in [1.54, 1.807) is 17.4 Å². The van der Waals surface area contributed by atoms with Crippen molar-refractivity contribution in [2.45, 2.75) is 6.54 Å². The predicted octanol–water partition coefficient (Wildman–Crippen LogP) is 4.23. The van der Waals surface area contributed by atoms with Gasteiger partial charge in [0.2, 0.25) is 0 Å². The van der Waals surface area contributed by atoms with E-state index >= 15 is 0 Å². The summed E-state index contributed by atoms with van der Waals surface area (Å²) in [6.07, 6.45) is 0. The fourth-order valence-electron chi connectivity index (χ4n) is 2.44. The molecular formula is C19H18N2O2S. The summed E-state index contributed by atoms with van der Waals surface area (Å²) in [5, 5.41) is 3.00. The minimum absolute atomic E-state index is 0.319. The van der Waals surface area contributed by atoms with Crippen molar-refractivity contribution >= 4 is 22.4 Å². The molecule has 0 spiro atoms. The largest absolute Gasteiger partial charge is 0.465 e. The molecule has 0 atom stereocenters. The lowest BCUT2D eigenvalue weighted by Crippen LogP contribution is -2.16. The highest BCUT2D eigenvalue weighted by Gasteiger charge is 2.11. The van der Waals surface area contributed by atoms with Crippen molar-refractivity contribution in [3.05, 3.63) is 71.1 Å². The number of aromatic nitrogens is 1. The predicted molar refractivity (Wildman–Crippen MR) is 97.4 cm³/mol. The van der Waals surface area contributed by atoms with Gasteiger partial charge in [0.1, 0.15) is 0 Å². The van der Waals surface area contributed by atoms with Gasteiger partial charge in [-0.2, -0.15) is 0 Å². The van der Waals surface area contributed by atoms with E-state index in [2.05, 4.69) is 22.4 Å². The topological polar surface area (TPSA) is 42.4 Å². The smallest absolute Gasteiger partial charge is 0.337 e. The van der Waals surface area contributed by atoms with Gasteiger partial charge in [-0.25, -0.2) is 9.78 Å². The molecule has 0 radical (unpaired) electrons. The number of carbonyl (C=O) groups excluding carboxylic acids is 1. The van der Waals surface area contributed by atoms with E-state index in [-0.39, 0.29) is 5.97 Å². The van der Waals surface area contributed by atoms with Crippen LogP contribution in [-0.2, 0) is 11.3 Å². The third-order valence-electron chi connectivity index (χ3n) is 3.66. The van der Waals surface area contributed by atoms with Crippen molar-refractivity contribution in [1.82, 2.24) is 4.98 Å². The maximum Gasteiger partial charge on any atom is 0.337 e. The number of esters is 1. The van der Waals surface area contributed by atoms with Gasteiger partial charge < -0.3 is 9.64 Å². The van der Waals surface area contributed by atoms with Gasteiger partial charge in [-0.05, 0) is 17.7 Å². The first-order valence-corrected chi connectivity index (χ1v) is 8.44. The van der Waals surface area contributed by atoms with Gasteiger partial charge in [0.05, 0.1) is 18.4 Å². The molecule has 0 bridgehead atoms. The summed E-state index contributed by atoms with van der Waals surface area (Å²) >= 11 is 1.61. The molecule has 0 fully saturated rings. The molecule has 5 heteroatoms. The molecule has 122 valence electrons. The fraction of sp³-hybridized carbons (Fsp3) is 0.158. The molecule has 0 saturated heterocycles. The van der Waals surface area contributed by atoms with Gasteiger partial charge in [-0.3, -0.25) is 0 Å². The lowest BCUT2D eigenvalue weighted by molar-refractivity contribution is 0.0600. The number of hydrogen-bond acceptors (Lipinski definition) is 5. The number of hydrogen-bond donors (Lipinski definition) is 0. The Bertz CT molecular complexity index is 830. The first-order valence-electron chi connectivity index (χ1n) is 7.56. The molecule has 0 unspecified atom stereocenters. The van der Waals surface area contributed by atoms with Gasteiger partial charge in [0.15, 0.2) is 5.13 Å². The summed E-state index contributed by atoms with van der Waals surface area (Å²) in [6, 6.07) is 17.6. The molecule has 0 amide bonds. The van der Waals surface area contributed by atoms with Crippen LogP contribution >= 0.6 is 11.3 Å². The van der Waals surface area contributed by atoms with Crippen molar-refractivity contribution in [1.29, 1.82) is 0 Å². The molecule has 3 aromatic rings. The third kappa shape index (κ3) is 3.63. The highest BCUT2D eigenvalue weighted by molar-refractivity contribution is 7.14. The van der Waals surface area contributed by atoms with E-state index < -0.39 is 0 Å². The van der Waals surface area contributed by atoms with Crippen LogP contribution in [0, 0.1) is 0 Å². The molecule has 0 aliphatic rings. The molecule has 3 rings (SSSR count). The van der Waals surface area contributed by atoms with Crippen LogP contribution in [0.5, 0.6) is 0 Å². The molecule has 24 heavy (non-hydrogen) atoms. The average molecular weight is 338 g/mol. The van der Waals surface area contributed by atoms with Crippen LogP contribution in [0.15, 0.2) is 60.0 Å². The summed E-state index contributed by atoms with van der Waals surface area (Å²) in [7, 11) is 3.39. The van der Waals surface area contributed by atoms with Crippen molar-refractivity contribution in [2.75, 3.05) is 19.1 Å². The standard InChI is InChI=1S/C19H18N2O2S/c1-21(12-14-7-6-10-16(11-14)18(22)23-2)19-20-17(13-24-19)15-8-4-3-5-9-15/h3-11,13H,12H2,1-2H3. The molecule has 0 aliphatic heterocycles. The van der Waals surface area contributed by atoms with Crippen molar-refractivity contribution in [3.63, 3.8) is 0 Å². The summed E-state index contributed by atoms with van der Waals surface area (Å²) in [5.41, 5.74) is 3.69. The summed E-state index contributed by atoms with van der Waals surface area (Å²) in [5.74, 6) is -0.319. The van der Waals surface area contributed by atoms with Gasteiger partial charge in [-0.1, -0.05) is 42.5 Å². The van der Waals surface area contributed by atoms with E-state index in [4.69, 9.17) is 9.72 Å². The average Bonchev–Trinajstić information content (AvgIpc) is 3.12. The lowest BCUT2D eigenvalue weighted by Gasteiger charge is -2.16. The number of ether oxygens (including phenoxy) is 1. The molecule has 4 nitrogen and oxygen atoms in total. The number of thiazole rings is 1. The second-order valence-electron chi connectivity index (χ2n) is 5.43. The minimum Gasteiger partial charge on any atom is -0.465 e. The van der Waals surface area contributed by atoms with Crippen LogP contribution in [0.3, 0.4) is 0 Å². The Kier molecular flexibility index (Phi) is 4.91. The van der Waals surface area contributed by atoms with Crippen LogP contribution in [-0.4, -0.2) is 25.1 Å². The number of anilines is 1. The van der Waals surface area contributed by atoms with Crippen LogP contribution in [0.2, 0.25) is 0 Å². The SMILES string of the molecule is COC(=O)c1cccc(CN(C)c2nc(-c3ccccc3)cs2)c1. The van der Waals surface area contributed by atoms with E-state index in [0.717, 1.165) is 22.0 Å². The number of rotatable bonds is 5. The monoisotopic (exact) mass is 338 g/mol. The Balaban J connectivity index is 1.75. The second-order valence-corrected chi connectivity index (χ2v) is 6.27. The molecule has 0 aliphatic carbocycles. The Labute approximate surface area is 145 Å². The van der Waals surface area contributed by atoms with Crippen LogP contribution in [0.1, 0.15) is 15.9 Å². The maximum absolute atomic E-state index is 11.6. The Morgan fingerprint density at radius 1 is 1.17 bits per heavy atom. The first-order chi connectivity index (χ1) is 11.7. The van der Waals surface area contributed by atoms with Gasteiger partial charge in [0.25, 0.3) is 0 Å². The Morgan fingerprint density at radius 2 is 1.96 bits per heavy atom. The van der Waals surface area contributed by atoms with Crippen molar-refractivity contribution in [2.24, 2.45) is 0 Å². The van der Waals surface area contributed by atoms with Gasteiger partial charge >= 0.3 is 5.97 Å². The van der Waals surface area contributed by atoms with E-state index in [0.29, 0.717) is 12.1 Å². The second kappa shape index (κ2) is 7.27. The van der Waals surface area contributed by atoms with E-state index in [1.165, 1.54) is 7.11 Å². The number of nitrogens with zero attached hydrogens (tertiary/aromatic N) is 2. The third-order valence-corrected chi connectivity index (χ3v) is 4.61. The van der Waals surface area contributed by atoms with Gasteiger partial charge in [-0.15, -0.1) is 11.3 Å². The molecule has 0 saturated carbocycles. The minimum atomic E-state index is -0.319. The van der Waals surface area contributed by atoms with E-state index in [9.17, 15) is 4.79 Å². The van der Waals surface area contributed by atoms with E-state index in [1.807, 2.05) is 43.4 Å². The quantitative estimate of drug-likeness (QED) is 0.653. The summed E-state index contributed by atoms with van der Waals surface area (Å²) in [6.45, 7) is 0.673. The van der Waals surface area contributed by atoms with Crippen LogP contribution in [0.4, 0.5) is 5.13 Å². The first kappa shape index (κ1) is 16.2. The fourth-order valence-corrected chi connectivity index (χ4v) is 3.24. The zero-order valence-electron chi connectivity index (χ0n) is 13.6. The number of benzene rings is 2. The highest BCUT2D eigenvalue weighted by atomic mass is 32.1. The lowest BCUT2D eigenvalue weighted by atomic mass is 10.1. The molecular weight excluding hydrogens is 320 g/mol. The number of methoxy groups -OCH3 is 1. The zero-order chi connectivity index (χ0) is 16.9. The van der Waals surface area contributed by atoms with Crippen molar-refractivity contribution in [3.8, 4) is 11.3 Å². The maximum atomic E-state index is 11.6. The molecule has 0 N–H and O–H groups in total. The zero-order valence-corrected chi connectivity index (χ0v) is 14.4. The van der Waals surface area contributed by atoms with Crippen LogP contribution in [0.25, 0.3) is 11.3 Å². The van der Waals surface area contributed by atoms with Crippen molar-refractivity contribution < 1.29 is 9.53 Å². The molecule has 2 aromatic carbocycles. The highest BCUT2D eigenvalue weighted by Crippen LogP contribution is 2.27.